The van der Waals surface area contributed by atoms with Gasteiger partial charge in [0, 0.05) is 18.8 Å². The summed E-state index contributed by atoms with van der Waals surface area (Å²) in [6.07, 6.45) is 6.60. The minimum absolute atomic E-state index is 0.119. The van der Waals surface area contributed by atoms with Gasteiger partial charge in [-0.25, -0.2) is 0 Å². The topological polar surface area (TPSA) is 43.4 Å². The summed E-state index contributed by atoms with van der Waals surface area (Å²) in [5, 5.41) is 0. The Bertz CT molecular complexity index is 363. The number of ketones is 1. The molecule has 19 heavy (non-hydrogen) atoms. The Labute approximate surface area is 116 Å². The summed E-state index contributed by atoms with van der Waals surface area (Å²) in [5.74, 6) is 1.74. The Hall–Kier alpha value is -0.860. The molecule has 0 radical (unpaired) electrons. The lowest BCUT2D eigenvalue weighted by Gasteiger charge is -2.42. The summed E-state index contributed by atoms with van der Waals surface area (Å²) in [6.45, 7) is 4.54. The van der Waals surface area contributed by atoms with E-state index in [1.807, 2.05) is 0 Å². The number of fused-ring (bicyclic) bond motifs is 1. The fourth-order valence-electron chi connectivity index (χ4n) is 4.55. The highest BCUT2D eigenvalue weighted by atomic mass is 16.5. The van der Waals surface area contributed by atoms with Crippen molar-refractivity contribution in [1.82, 2.24) is 0 Å². The third kappa shape index (κ3) is 2.70. The first-order valence-corrected chi connectivity index (χ1v) is 7.58. The molecule has 2 aliphatic carbocycles. The first kappa shape index (κ1) is 14.5. The molecule has 2 fully saturated rings. The molecule has 0 aromatic rings. The second kappa shape index (κ2) is 5.64. The van der Waals surface area contributed by atoms with Crippen LogP contribution in [-0.2, 0) is 14.3 Å². The standard InChI is InChI=1S/C16H26O3/c1-11(6-9-15(18)19-3)12-7-8-13-14(17)5-4-10-16(12,13)2/h11-13H,4-10H2,1-3H3. The van der Waals surface area contributed by atoms with Gasteiger partial charge in [-0.2, -0.15) is 0 Å². The highest BCUT2D eigenvalue weighted by Crippen LogP contribution is 2.57. The summed E-state index contributed by atoms with van der Waals surface area (Å²) >= 11 is 0. The first-order chi connectivity index (χ1) is 8.99. The molecule has 2 rings (SSSR count). The van der Waals surface area contributed by atoms with Crippen molar-refractivity contribution in [3.63, 3.8) is 0 Å². The van der Waals surface area contributed by atoms with Gasteiger partial charge in [0.25, 0.3) is 0 Å². The molecular weight excluding hydrogens is 240 g/mol. The van der Waals surface area contributed by atoms with Crippen molar-refractivity contribution in [1.29, 1.82) is 0 Å². The van der Waals surface area contributed by atoms with Gasteiger partial charge in [0.1, 0.15) is 5.78 Å². The van der Waals surface area contributed by atoms with E-state index in [1.165, 1.54) is 13.5 Å². The second-order valence-corrected chi connectivity index (χ2v) is 6.65. The minimum Gasteiger partial charge on any atom is -0.469 e. The van der Waals surface area contributed by atoms with Gasteiger partial charge in [-0.15, -0.1) is 0 Å². The van der Waals surface area contributed by atoms with E-state index in [9.17, 15) is 9.59 Å². The predicted octanol–water partition coefficient (Wildman–Crippen LogP) is 3.36. The van der Waals surface area contributed by atoms with Crippen molar-refractivity contribution < 1.29 is 14.3 Å². The van der Waals surface area contributed by atoms with Crippen molar-refractivity contribution in [2.24, 2.45) is 23.2 Å². The number of Topliss-reactive ketones (excluding diaryl/α,β-unsaturated/α-hetero) is 1. The summed E-state index contributed by atoms with van der Waals surface area (Å²) in [4.78, 5) is 23.4. The molecule has 3 nitrogen and oxygen atoms in total. The molecular formula is C16H26O3. The van der Waals surface area contributed by atoms with Crippen molar-refractivity contribution in [3.05, 3.63) is 0 Å². The Morgan fingerprint density at radius 3 is 2.89 bits per heavy atom. The van der Waals surface area contributed by atoms with Gasteiger partial charge in [0.15, 0.2) is 0 Å². The van der Waals surface area contributed by atoms with Crippen LogP contribution in [0.25, 0.3) is 0 Å². The molecule has 2 aliphatic rings. The summed E-state index contributed by atoms with van der Waals surface area (Å²) in [7, 11) is 1.44. The highest BCUT2D eigenvalue weighted by Gasteiger charge is 2.52. The number of esters is 1. The van der Waals surface area contributed by atoms with Crippen LogP contribution in [0.1, 0.15) is 58.8 Å². The molecule has 0 aliphatic heterocycles. The van der Waals surface area contributed by atoms with Crippen LogP contribution in [0.15, 0.2) is 0 Å². The zero-order chi connectivity index (χ0) is 14.0. The highest BCUT2D eigenvalue weighted by molar-refractivity contribution is 5.83. The molecule has 0 aromatic heterocycles. The average molecular weight is 266 g/mol. The van der Waals surface area contributed by atoms with Crippen molar-refractivity contribution in [2.75, 3.05) is 7.11 Å². The lowest BCUT2D eigenvalue weighted by Crippen LogP contribution is -2.39. The summed E-state index contributed by atoms with van der Waals surface area (Å²) in [5.41, 5.74) is 0.185. The molecule has 0 bridgehead atoms. The smallest absolute Gasteiger partial charge is 0.305 e. The number of hydrogen-bond donors (Lipinski definition) is 0. The average Bonchev–Trinajstić information content (AvgIpc) is 2.74. The Morgan fingerprint density at radius 2 is 2.21 bits per heavy atom. The number of ether oxygens (including phenoxy) is 1. The van der Waals surface area contributed by atoms with E-state index in [1.54, 1.807) is 0 Å². The molecule has 4 unspecified atom stereocenters. The lowest BCUT2D eigenvalue weighted by atomic mass is 9.62. The molecule has 108 valence electrons. The molecule has 0 aromatic carbocycles. The van der Waals surface area contributed by atoms with Gasteiger partial charge in [0.2, 0.25) is 0 Å². The van der Waals surface area contributed by atoms with Gasteiger partial charge >= 0.3 is 5.97 Å². The Morgan fingerprint density at radius 1 is 1.47 bits per heavy atom. The fraction of sp³-hybridized carbons (Fsp3) is 0.875. The maximum absolute atomic E-state index is 12.1. The normalized spacial score (nSPS) is 35.8. The van der Waals surface area contributed by atoms with E-state index in [-0.39, 0.29) is 17.3 Å². The number of carbonyl (C=O) groups is 2. The van der Waals surface area contributed by atoms with Crippen molar-refractivity contribution in [2.45, 2.75) is 58.8 Å². The minimum atomic E-state index is -0.119. The lowest BCUT2D eigenvalue weighted by molar-refractivity contribution is -0.141. The molecule has 2 saturated carbocycles. The Kier molecular flexibility index (Phi) is 4.32. The molecule has 0 saturated heterocycles. The predicted molar refractivity (Wildman–Crippen MR) is 73.6 cm³/mol. The molecule has 0 N–H and O–H groups in total. The number of hydrogen-bond acceptors (Lipinski definition) is 3. The number of rotatable bonds is 4. The molecule has 0 heterocycles. The van der Waals surface area contributed by atoms with Gasteiger partial charge in [-0.3, -0.25) is 9.59 Å². The maximum Gasteiger partial charge on any atom is 0.305 e. The SMILES string of the molecule is COC(=O)CCC(C)C1CCC2C(=O)CCCC21C. The third-order valence-electron chi connectivity index (χ3n) is 5.66. The van der Waals surface area contributed by atoms with Crippen LogP contribution < -0.4 is 0 Å². The van der Waals surface area contributed by atoms with Crippen LogP contribution in [-0.4, -0.2) is 18.9 Å². The summed E-state index contributed by atoms with van der Waals surface area (Å²) in [6, 6.07) is 0. The van der Waals surface area contributed by atoms with Crippen molar-refractivity contribution >= 4 is 11.8 Å². The largest absolute Gasteiger partial charge is 0.469 e. The van der Waals surface area contributed by atoms with E-state index < -0.39 is 0 Å². The van der Waals surface area contributed by atoms with Crippen molar-refractivity contribution in [3.8, 4) is 0 Å². The zero-order valence-corrected chi connectivity index (χ0v) is 12.4. The van der Waals surface area contributed by atoms with Gasteiger partial charge in [-0.05, 0) is 49.4 Å². The monoisotopic (exact) mass is 266 g/mol. The summed E-state index contributed by atoms with van der Waals surface area (Å²) < 4.78 is 4.72. The quantitative estimate of drug-likeness (QED) is 0.733. The molecule has 0 amide bonds. The molecule has 4 atom stereocenters. The molecule has 3 heteroatoms. The van der Waals surface area contributed by atoms with Crippen LogP contribution in [0, 0.1) is 23.2 Å². The van der Waals surface area contributed by atoms with Gasteiger partial charge < -0.3 is 4.74 Å². The first-order valence-electron chi connectivity index (χ1n) is 7.58. The fourth-order valence-corrected chi connectivity index (χ4v) is 4.55. The number of carbonyl (C=O) groups excluding carboxylic acids is 2. The second-order valence-electron chi connectivity index (χ2n) is 6.65. The zero-order valence-electron chi connectivity index (χ0n) is 12.4. The molecule has 0 spiro atoms. The Balaban J connectivity index is 2.00. The van der Waals surface area contributed by atoms with Crippen LogP contribution in [0.5, 0.6) is 0 Å². The van der Waals surface area contributed by atoms with Gasteiger partial charge in [0.05, 0.1) is 7.11 Å². The van der Waals surface area contributed by atoms with Crippen LogP contribution in [0.3, 0.4) is 0 Å². The third-order valence-corrected chi connectivity index (χ3v) is 5.66. The maximum atomic E-state index is 12.1. The van der Waals surface area contributed by atoms with E-state index >= 15 is 0 Å². The van der Waals surface area contributed by atoms with Crippen LogP contribution in [0.2, 0.25) is 0 Å². The van der Waals surface area contributed by atoms with E-state index in [2.05, 4.69) is 13.8 Å². The number of methoxy groups -OCH3 is 1. The van der Waals surface area contributed by atoms with E-state index in [0.29, 0.717) is 24.0 Å². The van der Waals surface area contributed by atoms with E-state index in [4.69, 9.17) is 4.74 Å². The van der Waals surface area contributed by atoms with Crippen LogP contribution >= 0.6 is 0 Å². The van der Waals surface area contributed by atoms with E-state index in [0.717, 1.165) is 32.1 Å². The van der Waals surface area contributed by atoms with Gasteiger partial charge in [-0.1, -0.05) is 13.8 Å². The van der Waals surface area contributed by atoms with Crippen LogP contribution in [0.4, 0.5) is 0 Å².